The van der Waals surface area contributed by atoms with E-state index in [1.807, 2.05) is 0 Å². The Bertz CT molecular complexity index is 907. The van der Waals surface area contributed by atoms with Crippen LogP contribution in [0.25, 0.3) is 0 Å². The van der Waals surface area contributed by atoms with E-state index in [4.69, 9.17) is 9.84 Å². The topological polar surface area (TPSA) is 63.6 Å². The summed E-state index contributed by atoms with van der Waals surface area (Å²) >= 11 is 0. The summed E-state index contributed by atoms with van der Waals surface area (Å²) in [5.74, 6) is -0.761. The van der Waals surface area contributed by atoms with Crippen molar-refractivity contribution in [2.24, 2.45) is 0 Å². The lowest BCUT2D eigenvalue weighted by molar-refractivity contribution is -0.150. The zero-order chi connectivity index (χ0) is 35.7. The molecule has 0 amide bonds. The van der Waals surface area contributed by atoms with Gasteiger partial charge >= 0.3 is 11.9 Å². The van der Waals surface area contributed by atoms with E-state index in [9.17, 15) is 9.59 Å². The third-order valence-corrected chi connectivity index (χ3v) is 8.67. The number of hydrogen-bond donors (Lipinski definition) is 1. The Hall–Kier alpha value is -2.62. The van der Waals surface area contributed by atoms with Gasteiger partial charge < -0.3 is 9.84 Å². The summed E-state index contributed by atoms with van der Waals surface area (Å²) in [6, 6.07) is 0. The number of carbonyl (C=O) groups excluding carboxylic acids is 1. The number of esters is 1. The normalized spacial score (nSPS) is 13.0. The van der Waals surface area contributed by atoms with Crippen LogP contribution in [-0.2, 0) is 14.3 Å². The summed E-state index contributed by atoms with van der Waals surface area (Å²) in [7, 11) is 0. The van der Waals surface area contributed by atoms with Gasteiger partial charge in [-0.3, -0.25) is 9.59 Å². The van der Waals surface area contributed by atoms with Crippen LogP contribution in [0.1, 0.15) is 194 Å². The standard InChI is InChI=1S/C45H76O4/c1-3-5-7-9-11-13-15-17-18-19-20-21-23-25-27-29-34-38-42-45(48)49-43(40-36-32-30-33-37-41-44(46)47)39-35-31-28-26-24-22-16-14-12-10-8-6-4-2/h6,8,12-15,18-19,22,24,28,31,43H,3-5,7,9-11,16-17,20-21,23,25-27,29-30,32-42H2,1-2H3,(H,46,47)/b8-6-,14-12-,15-13-,19-18-,24-22-,31-28-. The summed E-state index contributed by atoms with van der Waals surface area (Å²) in [4.78, 5) is 23.4. The first kappa shape index (κ1) is 46.4. The van der Waals surface area contributed by atoms with Gasteiger partial charge in [-0.2, -0.15) is 0 Å². The Labute approximate surface area is 303 Å². The van der Waals surface area contributed by atoms with Crippen LogP contribution >= 0.6 is 0 Å². The molecule has 0 rings (SSSR count). The number of hydrogen-bond acceptors (Lipinski definition) is 3. The van der Waals surface area contributed by atoms with Gasteiger partial charge in [0, 0.05) is 12.8 Å². The molecule has 0 heterocycles. The van der Waals surface area contributed by atoms with E-state index in [2.05, 4.69) is 86.8 Å². The van der Waals surface area contributed by atoms with E-state index in [1.54, 1.807) is 0 Å². The molecule has 1 N–H and O–H groups in total. The number of carboxylic acid groups (broad SMARTS) is 1. The van der Waals surface area contributed by atoms with Crippen LogP contribution in [0.2, 0.25) is 0 Å². The predicted molar refractivity (Wildman–Crippen MR) is 213 cm³/mol. The van der Waals surface area contributed by atoms with Crippen molar-refractivity contribution in [1.82, 2.24) is 0 Å². The molecule has 4 heteroatoms. The van der Waals surface area contributed by atoms with Gasteiger partial charge in [-0.15, -0.1) is 0 Å². The molecular weight excluding hydrogens is 604 g/mol. The molecule has 1 unspecified atom stereocenters. The maximum Gasteiger partial charge on any atom is 0.306 e. The quantitative estimate of drug-likeness (QED) is 0.0406. The molecule has 0 aromatic rings. The van der Waals surface area contributed by atoms with Crippen LogP contribution in [0, 0.1) is 0 Å². The number of aliphatic carboxylic acids is 1. The van der Waals surface area contributed by atoms with Crippen LogP contribution in [0.5, 0.6) is 0 Å². The lowest BCUT2D eigenvalue weighted by atomic mass is 10.0. The molecule has 0 aliphatic carbocycles. The van der Waals surface area contributed by atoms with Crippen molar-refractivity contribution in [2.45, 2.75) is 200 Å². The van der Waals surface area contributed by atoms with E-state index in [0.717, 1.165) is 96.3 Å². The molecule has 280 valence electrons. The second-order valence-corrected chi connectivity index (χ2v) is 13.4. The molecule has 0 fully saturated rings. The fourth-order valence-electron chi connectivity index (χ4n) is 5.68. The van der Waals surface area contributed by atoms with Crippen molar-refractivity contribution >= 4 is 11.9 Å². The van der Waals surface area contributed by atoms with Crippen molar-refractivity contribution in [2.75, 3.05) is 0 Å². The van der Waals surface area contributed by atoms with E-state index in [0.29, 0.717) is 6.42 Å². The lowest BCUT2D eigenvalue weighted by Gasteiger charge is -2.17. The van der Waals surface area contributed by atoms with Gasteiger partial charge in [-0.25, -0.2) is 0 Å². The van der Waals surface area contributed by atoms with Gasteiger partial charge in [0.15, 0.2) is 0 Å². The molecule has 0 radical (unpaired) electrons. The highest BCUT2D eigenvalue weighted by Gasteiger charge is 2.13. The summed E-state index contributed by atoms with van der Waals surface area (Å²) in [5.41, 5.74) is 0. The Morgan fingerprint density at radius 3 is 1.43 bits per heavy atom. The summed E-state index contributed by atoms with van der Waals surface area (Å²) in [6.45, 7) is 4.41. The monoisotopic (exact) mass is 681 g/mol. The van der Waals surface area contributed by atoms with Crippen LogP contribution in [0.4, 0.5) is 0 Å². The first-order chi connectivity index (χ1) is 24.1. The van der Waals surface area contributed by atoms with Gasteiger partial charge in [0.05, 0.1) is 0 Å². The fourth-order valence-corrected chi connectivity index (χ4v) is 5.68. The average molecular weight is 681 g/mol. The number of allylic oxidation sites excluding steroid dienone is 12. The molecule has 49 heavy (non-hydrogen) atoms. The van der Waals surface area contributed by atoms with Crippen molar-refractivity contribution in [3.05, 3.63) is 72.9 Å². The summed E-state index contributed by atoms with van der Waals surface area (Å²) < 4.78 is 5.96. The Morgan fingerprint density at radius 2 is 0.898 bits per heavy atom. The fraction of sp³-hybridized carbons (Fsp3) is 0.689. The highest BCUT2D eigenvalue weighted by molar-refractivity contribution is 5.69. The Morgan fingerprint density at radius 1 is 0.469 bits per heavy atom. The molecular formula is C45H76O4. The van der Waals surface area contributed by atoms with E-state index < -0.39 is 5.97 Å². The predicted octanol–water partition coefficient (Wildman–Crippen LogP) is 14.3. The third kappa shape index (κ3) is 39.7. The Kier molecular flexibility index (Phi) is 37.7. The van der Waals surface area contributed by atoms with Gasteiger partial charge in [-0.1, -0.05) is 157 Å². The zero-order valence-electron chi connectivity index (χ0n) is 32.0. The molecule has 0 saturated heterocycles. The third-order valence-electron chi connectivity index (χ3n) is 8.67. The zero-order valence-corrected chi connectivity index (χ0v) is 32.0. The number of carbonyl (C=O) groups is 2. The first-order valence-corrected chi connectivity index (χ1v) is 20.4. The second kappa shape index (κ2) is 39.8. The van der Waals surface area contributed by atoms with Crippen molar-refractivity contribution in [3.63, 3.8) is 0 Å². The van der Waals surface area contributed by atoms with Gasteiger partial charge in [0.2, 0.25) is 0 Å². The number of ether oxygens (including phenoxy) is 1. The number of carboxylic acids is 1. The van der Waals surface area contributed by atoms with Crippen molar-refractivity contribution in [1.29, 1.82) is 0 Å². The van der Waals surface area contributed by atoms with Crippen LogP contribution in [0.15, 0.2) is 72.9 Å². The van der Waals surface area contributed by atoms with Crippen LogP contribution in [-0.4, -0.2) is 23.1 Å². The number of unbranched alkanes of at least 4 members (excludes halogenated alkanes) is 15. The lowest BCUT2D eigenvalue weighted by Crippen LogP contribution is -2.18. The minimum absolute atomic E-state index is 0.0285. The van der Waals surface area contributed by atoms with E-state index in [1.165, 1.54) is 70.6 Å². The SMILES string of the molecule is CC/C=C\C/C=C\C/C=C\C/C=C\CCC(CCCCCCCC(=O)O)OC(=O)CCCCCCCCC/C=C\C/C=C\CCCCCC. The van der Waals surface area contributed by atoms with E-state index in [-0.39, 0.29) is 18.5 Å². The van der Waals surface area contributed by atoms with Crippen molar-refractivity contribution in [3.8, 4) is 0 Å². The first-order valence-electron chi connectivity index (χ1n) is 20.4. The molecule has 1 atom stereocenters. The second-order valence-electron chi connectivity index (χ2n) is 13.4. The molecule has 0 bridgehead atoms. The smallest absolute Gasteiger partial charge is 0.306 e. The Balaban J connectivity index is 4.15. The highest BCUT2D eigenvalue weighted by Crippen LogP contribution is 2.17. The van der Waals surface area contributed by atoms with Gasteiger partial charge in [0.25, 0.3) is 0 Å². The van der Waals surface area contributed by atoms with Crippen LogP contribution < -0.4 is 0 Å². The number of rotatable bonds is 36. The van der Waals surface area contributed by atoms with Gasteiger partial charge in [0.1, 0.15) is 6.10 Å². The largest absolute Gasteiger partial charge is 0.481 e. The molecule has 0 saturated carbocycles. The summed E-state index contributed by atoms with van der Waals surface area (Å²) in [6.07, 6.45) is 56.3. The minimum atomic E-state index is -0.714. The molecule has 0 spiro atoms. The maximum atomic E-state index is 12.7. The molecule has 4 nitrogen and oxygen atoms in total. The molecule has 0 aromatic heterocycles. The van der Waals surface area contributed by atoms with Gasteiger partial charge in [-0.05, 0) is 96.3 Å². The summed E-state index contributed by atoms with van der Waals surface area (Å²) in [5, 5.41) is 8.82. The molecule has 0 aromatic carbocycles. The van der Waals surface area contributed by atoms with E-state index >= 15 is 0 Å². The molecule has 0 aliphatic heterocycles. The maximum absolute atomic E-state index is 12.7. The highest BCUT2D eigenvalue weighted by atomic mass is 16.5. The molecule has 0 aliphatic rings. The minimum Gasteiger partial charge on any atom is -0.481 e. The van der Waals surface area contributed by atoms with Crippen LogP contribution in [0.3, 0.4) is 0 Å². The average Bonchev–Trinajstić information content (AvgIpc) is 3.09. The van der Waals surface area contributed by atoms with Crippen molar-refractivity contribution < 1.29 is 19.4 Å².